The fraction of sp³-hybridized carbons (Fsp3) is 0.412. The van der Waals surface area contributed by atoms with E-state index >= 15 is 0 Å². The lowest BCUT2D eigenvalue weighted by Gasteiger charge is -2.03. The van der Waals surface area contributed by atoms with Crippen molar-refractivity contribution in [2.75, 3.05) is 0 Å². The van der Waals surface area contributed by atoms with Crippen LogP contribution in [0.5, 0.6) is 0 Å². The Balaban J connectivity index is 3.73. The van der Waals surface area contributed by atoms with E-state index in [-0.39, 0.29) is 0 Å². The topological polar surface area (TPSA) is 20.2 Å². The Bertz CT molecular complexity index is 423. The number of hydrogen-bond acceptors (Lipinski definition) is 1. The molecule has 0 aliphatic carbocycles. The van der Waals surface area contributed by atoms with Gasteiger partial charge in [0.15, 0.2) is 0 Å². The summed E-state index contributed by atoms with van der Waals surface area (Å²) in [7, 11) is 0. The van der Waals surface area contributed by atoms with Crippen molar-refractivity contribution in [1.82, 2.24) is 0 Å². The molecule has 0 spiro atoms. The quantitative estimate of drug-likeness (QED) is 0.412. The Labute approximate surface area is 111 Å². The summed E-state index contributed by atoms with van der Waals surface area (Å²) >= 11 is 0. The first-order chi connectivity index (χ1) is 8.81. The Hall–Kier alpha value is -1.88. The number of allylic oxidation sites excluding steroid dienone is 2. The highest BCUT2D eigenvalue weighted by atomic mass is 16.3. The Kier molecular flexibility index (Phi) is 11.8. The van der Waals surface area contributed by atoms with E-state index < -0.39 is 6.10 Å². The van der Waals surface area contributed by atoms with E-state index in [1.807, 2.05) is 6.08 Å². The lowest BCUT2D eigenvalue weighted by atomic mass is 10.1. The van der Waals surface area contributed by atoms with E-state index in [0.717, 1.165) is 32.1 Å². The summed E-state index contributed by atoms with van der Waals surface area (Å²) < 4.78 is 0. The molecule has 0 aliphatic heterocycles. The van der Waals surface area contributed by atoms with Crippen LogP contribution >= 0.6 is 0 Å². The SMILES string of the molecule is C=CCCCCCC(O)C=CC#CC#CC#CC. The van der Waals surface area contributed by atoms with Gasteiger partial charge in [-0.3, -0.25) is 0 Å². The molecule has 0 aliphatic rings. The summed E-state index contributed by atoms with van der Waals surface area (Å²) in [4.78, 5) is 0. The molecular formula is C17H20O. The van der Waals surface area contributed by atoms with Gasteiger partial charge in [0.05, 0.1) is 6.10 Å². The van der Waals surface area contributed by atoms with Crippen molar-refractivity contribution < 1.29 is 5.11 Å². The van der Waals surface area contributed by atoms with E-state index in [4.69, 9.17) is 0 Å². The van der Waals surface area contributed by atoms with Gasteiger partial charge in [-0.05, 0) is 62.0 Å². The van der Waals surface area contributed by atoms with Gasteiger partial charge < -0.3 is 5.11 Å². The maximum absolute atomic E-state index is 9.61. The zero-order valence-corrected chi connectivity index (χ0v) is 11.0. The third-order valence-electron chi connectivity index (χ3n) is 2.19. The van der Waals surface area contributed by atoms with Crippen molar-refractivity contribution >= 4 is 0 Å². The lowest BCUT2D eigenvalue weighted by molar-refractivity contribution is 0.208. The molecular weight excluding hydrogens is 220 g/mol. The lowest BCUT2D eigenvalue weighted by Crippen LogP contribution is -2.01. The fourth-order valence-electron chi connectivity index (χ4n) is 1.28. The van der Waals surface area contributed by atoms with E-state index in [2.05, 4.69) is 42.1 Å². The first kappa shape index (κ1) is 16.1. The van der Waals surface area contributed by atoms with Crippen molar-refractivity contribution in [1.29, 1.82) is 0 Å². The molecule has 0 amide bonds. The molecule has 1 heteroatoms. The molecule has 0 saturated carbocycles. The van der Waals surface area contributed by atoms with Crippen molar-refractivity contribution in [3.05, 3.63) is 24.8 Å². The molecule has 94 valence electrons. The second-order valence-corrected chi connectivity index (χ2v) is 3.75. The van der Waals surface area contributed by atoms with Crippen molar-refractivity contribution in [2.24, 2.45) is 0 Å². The monoisotopic (exact) mass is 240 g/mol. The fourth-order valence-corrected chi connectivity index (χ4v) is 1.28. The second-order valence-electron chi connectivity index (χ2n) is 3.75. The number of unbranched alkanes of at least 4 members (excludes halogenated alkanes) is 3. The minimum absolute atomic E-state index is 0.411. The molecule has 0 aromatic heterocycles. The second kappa shape index (κ2) is 13.2. The molecule has 0 rings (SSSR count). The Morgan fingerprint density at radius 3 is 2.61 bits per heavy atom. The third-order valence-corrected chi connectivity index (χ3v) is 2.19. The van der Waals surface area contributed by atoms with Crippen LogP contribution in [-0.2, 0) is 0 Å². The molecule has 0 radical (unpaired) electrons. The zero-order valence-electron chi connectivity index (χ0n) is 11.0. The average molecular weight is 240 g/mol. The van der Waals surface area contributed by atoms with Crippen LogP contribution in [0.15, 0.2) is 24.8 Å². The van der Waals surface area contributed by atoms with Crippen LogP contribution in [0.4, 0.5) is 0 Å². The van der Waals surface area contributed by atoms with Gasteiger partial charge >= 0.3 is 0 Å². The third kappa shape index (κ3) is 12.2. The highest BCUT2D eigenvalue weighted by Gasteiger charge is 1.97. The predicted octanol–water partition coefficient (Wildman–Crippen LogP) is 3.07. The van der Waals surface area contributed by atoms with Crippen LogP contribution in [0, 0.1) is 35.5 Å². The molecule has 18 heavy (non-hydrogen) atoms. The first-order valence-electron chi connectivity index (χ1n) is 6.19. The molecule has 0 aromatic rings. The molecule has 0 fully saturated rings. The number of rotatable bonds is 7. The maximum Gasteiger partial charge on any atom is 0.0730 e. The standard InChI is InChI=1S/C17H20O/c1-3-5-7-9-10-12-14-16-17(18)15-13-11-8-6-4-2/h4,14,16-18H,2,6,8,11,13,15H2,1H3. The maximum atomic E-state index is 9.61. The Morgan fingerprint density at radius 2 is 1.89 bits per heavy atom. The molecule has 0 bridgehead atoms. The smallest absolute Gasteiger partial charge is 0.0730 e. The van der Waals surface area contributed by atoms with Gasteiger partial charge in [-0.15, -0.1) is 6.58 Å². The average Bonchev–Trinajstić information content (AvgIpc) is 2.37. The highest BCUT2D eigenvalue weighted by molar-refractivity contribution is 5.37. The summed E-state index contributed by atoms with van der Waals surface area (Å²) in [6.07, 6.45) is 9.99. The van der Waals surface area contributed by atoms with Crippen LogP contribution in [0.25, 0.3) is 0 Å². The minimum atomic E-state index is -0.411. The van der Waals surface area contributed by atoms with Crippen molar-refractivity contribution in [2.45, 2.75) is 45.1 Å². The number of aliphatic hydroxyl groups is 1. The zero-order chi connectivity index (χ0) is 13.5. The van der Waals surface area contributed by atoms with Crippen LogP contribution in [0.3, 0.4) is 0 Å². The van der Waals surface area contributed by atoms with Gasteiger partial charge in [0, 0.05) is 0 Å². The van der Waals surface area contributed by atoms with Crippen LogP contribution in [-0.4, -0.2) is 11.2 Å². The molecule has 1 N–H and O–H groups in total. The normalized spacial score (nSPS) is 10.3. The summed E-state index contributed by atoms with van der Waals surface area (Å²) in [5.41, 5.74) is 0. The largest absolute Gasteiger partial charge is 0.389 e. The van der Waals surface area contributed by atoms with Crippen molar-refractivity contribution in [3.8, 4) is 35.5 Å². The summed E-state index contributed by atoms with van der Waals surface area (Å²) in [6, 6.07) is 0. The van der Waals surface area contributed by atoms with Crippen LogP contribution < -0.4 is 0 Å². The molecule has 1 unspecified atom stereocenters. The summed E-state index contributed by atoms with van der Waals surface area (Å²) in [6.45, 7) is 5.40. The van der Waals surface area contributed by atoms with E-state index in [9.17, 15) is 5.11 Å². The van der Waals surface area contributed by atoms with Gasteiger partial charge in [0.1, 0.15) is 0 Å². The number of aliphatic hydroxyl groups excluding tert-OH is 1. The van der Waals surface area contributed by atoms with Gasteiger partial charge in [0.25, 0.3) is 0 Å². The van der Waals surface area contributed by atoms with E-state index in [0.29, 0.717) is 0 Å². The molecule has 0 saturated heterocycles. The molecule has 1 atom stereocenters. The molecule has 0 heterocycles. The van der Waals surface area contributed by atoms with Crippen molar-refractivity contribution in [3.63, 3.8) is 0 Å². The molecule has 0 aromatic carbocycles. The Morgan fingerprint density at radius 1 is 1.11 bits per heavy atom. The summed E-state index contributed by atoms with van der Waals surface area (Å²) in [5, 5.41) is 9.61. The van der Waals surface area contributed by atoms with Gasteiger partial charge in [-0.2, -0.15) is 0 Å². The van der Waals surface area contributed by atoms with E-state index in [1.54, 1.807) is 19.1 Å². The van der Waals surface area contributed by atoms with Crippen LogP contribution in [0.1, 0.15) is 39.0 Å². The summed E-state index contributed by atoms with van der Waals surface area (Å²) in [5.74, 6) is 15.8. The van der Waals surface area contributed by atoms with Gasteiger partial charge in [-0.1, -0.05) is 30.8 Å². The first-order valence-corrected chi connectivity index (χ1v) is 6.19. The van der Waals surface area contributed by atoms with Gasteiger partial charge in [0.2, 0.25) is 0 Å². The van der Waals surface area contributed by atoms with Gasteiger partial charge in [-0.25, -0.2) is 0 Å². The predicted molar refractivity (Wildman–Crippen MR) is 77.4 cm³/mol. The molecule has 1 nitrogen and oxygen atoms in total. The van der Waals surface area contributed by atoms with E-state index in [1.165, 1.54) is 0 Å². The minimum Gasteiger partial charge on any atom is -0.389 e. The number of hydrogen-bond donors (Lipinski definition) is 1. The highest BCUT2D eigenvalue weighted by Crippen LogP contribution is 2.06. The van der Waals surface area contributed by atoms with Crippen LogP contribution in [0.2, 0.25) is 0 Å².